The highest BCUT2D eigenvalue weighted by atomic mass is 32.2. The van der Waals surface area contributed by atoms with Gasteiger partial charge in [0.2, 0.25) is 0 Å². The predicted octanol–water partition coefficient (Wildman–Crippen LogP) is 6.32. The molecule has 4 aromatic carbocycles. The number of esters is 1. The molecular weight excluding hydrogens is 526 g/mol. The second-order valence-electron chi connectivity index (χ2n) is 8.81. The highest BCUT2D eigenvalue weighted by Gasteiger charge is 2.37. The molecule has 2 N–H and O–H groups in total. The number of thioether (sulfide) groups is 1. The molecule has 8 heteroatoms. The minimum atomic E-state index is -0.872. The number of hydrogen-bond donors (Lipinski definition) is 1. The van der Waals surface area contributed by atoms with Crippen LogP contribution in [0.1, 0.15) is 28.7 Å². The number of carbonyl (C=O) groups excluding carboxylic acids is 2. The van der Waals surface area contributed by atoms with Crippen molar-refractivity contribution in [1.29, 1.82) is 0 Å². The maximum absolute atomic E-state index is 13.0. The molecule has 4 aromatic rings. The number of nitrogens with two attached hydrogens (primary N) is 1. The number of benzene rings is 4. The third kappa shape index (κ3) is 6.76. The number of primary amides is 1. The third-order valence-electron chi connectivity index (χ3n) is 6.31. The Morgan fingerprint density at radius 2 is 1.35 bits per heavy atom. The van der Waals surface area contributed by atoms with E-state index in [0.29, 0.717) is 17.1 Å². The quantitative estimate of drug-likeness (QED) is 0.124. The first-order valence-electron chi connectivity index (χ1n) is 12.7. The molecule has 0 spiro atoms. The number of hydrogen-bond acceptors (Lipinski definition) is 7. The van der Waals surface area contributed by atoms with E-state index in [1.807, 2.05) is 48.5 Å². The van der Waals surface area contributed by atoms with Gasteiger partial charge >= 0.3 is 12.1 Å². The normalized spacial score (nSPS) is 10.9. The molecule has 0 unspecified atom stereocenters. The van der Waals surface area contributed by atoms with E-state index in [2.05, 4.69) is 36.4 Å². The smallest absolute Gasteiger partial charge is 0.404 e. The summed E-state index contributed by atoms with van der Waals surface area (Å²) in [5, 5.41) is 0. The molecule has 0 saturated carbocycles. The molecule has 4 rings (SSSR count). The molecule has 206 valence electrons. The molecule has 0 fully saturated rings. The van der Waals surface area contributed by atoms with E-state index in [0.717, 1.165) is 22.4 Å². The Hall–Kier alpha value is -4.43. The largest absolute Gasteiger partial charge is 0.497 e. The SMILES string of the molecule is COc1ccc(C(SCCC(=O)Oc2ccc(COC(N)=O)cc2OC)(c2ccccc2)c2ccccc2)cc1. The first-order valence-corrected chi connectivity index (χ1v) is 13.6. The second-order valence-corrected chi connectivity index (χ2v) is 10.1. The van der Waals surface area contributed by atoms with Crippen molar-refractivity contribution >= 4 is 23.8 Å². The number of carbonyl (C=O) groups is 2. The van der Waals surface area contributed by atoms with Crippen LogP contribution in [0.3, 0.4) is 0 Å². The fourth-order valence-corrected chi connectivity index (χ4v) is 5.91. The Morgan fingerprint density at radius 1 is 0.750 bits per heavy atom. The molecule has 0 radical (unpaired) electrons. The van der Waals surface area contributed by atoms with Gasteiger partial charge in [0, 0.05) is 5.75 Å². The number of rotatable bonds is 12. The minimum absolute atomic E-state index is 0.0109. The molecular formula is C32H31NO6S. The molecule has 1 amide bonds. The van der Waals surface area contributed by atoms with E-state index in [1.165, 1.54) is 7.11 Å². The standard InChI is InChI=1S/C32H31NO6S/c1-36-27-16-14-26(15-17-27)32(24-9-5-3-6-10-24,25-11-7-4-8-12-25)40-20-19-30(34)39-28-18-13-23(21-29(28)37-2)22-38-31(33)35/h3-18,21H,19-20,22H2,1-2H3,(H2,33,35). The maximum Gasteiger partial charge on any atom is 0.404 e. The van der Waals surface area contributed by atoms with Gasteiger partial charge in [-0.15, -0.1) is 11.8 Å². The van der Waals surface area contributed by atoms with E-state index in [4.69, 9.17) is 24.7 Å². The number of amides is 1. The average Bonchev–Trinajstić information content (AvgIpc) is 3.00. The molecule has 0 aromatic heterocycles. The summed E-state index contributed by atoms with van der Waals surface area (Å²) in [6.45, 7) is -0.0109. The highest BCUT2D eigenvalue weighted by molar-refractivity contribution is 8.00. The Kier molecular flexibility index (Phi) is 9.70. The van der Waals surface area contributed by atoms with Gasteiger partial charge in [-0.3, -0.25) is 4.79 Å². The van der Waals surface area contributed by atoms with Gasteiger partial charge in [0.15, 0.2) is 11.5 Å². The van der Waals surface area contributed by atoms with Gasteiger partial charge in [0.05, 0.1) is 25.4 Å². The third-order valence-corrected chi connectivity index (χ3v) is 7.86. The van der Waals surface area contributed by atoms with Crippen LogP contribution >= 0.6 is 11.8 Å². The van der Waals surface area contributed by atoms with Gasteiger partial charge in [-0.1, -0.05) is 78.9 Å². The summed E-state index contributed by atoms with van der Waals surface area (Å²) in [7, 11) is 3.12. The van der Waals surface area contributed by atoms with Crippen molar-refractivity contribution in [1.82, 2.24) is 0 Å². The van der Waals surface area contributed by atoms with Gasteiger partial charge < -0.3 is 24.7 Å². The Balaban J connectivity index is 1.57. The number of methoxy groups -OCH3 is 2. The molecule has 0 aliphatic carbocycles. The van der Waals surface area contributed by atoms with E-state index in [-0.39, 0.29) is 18.8 Å². The first kappa shape index (κ1) is 28.6. The van der Waals surface area contributed by atoms with Gasteiger partial charge in [-0.05, 0) is 46.5 Å². The average molecular weight is 558 g/mol. The van der Waals surface area contributed by atoms with Gasteiger partial charge in [-0.25, -0.2) is 4.79 Å². The summed E-state index contributed by atoms with van der Waals surface area (Å²) < 4.78 is 20.7. The molecule has 0 bridgehead atoms. The van der Waals surface area contributed by atoms with Crippen LogP contribution in [0, 0.1) is 0 Å². The molecule has 0 heterocycles. The van der Waals surface area contributed by atoms with Gasteiger partial charge in [0.25, 0.3) is 0 Å². The lowest BCUT2D eigenvalue weighted by Gasteiger charge is -2.35. The minimum Gasteiger partial charge on any atom is -0.497 e. The highest BCUT2D eigenvalue weighted by Crippen LogP contribution is 2.49. The van der Waals surface area contributed by atoms with Crippen LogP contribution in [0.5, 0.6) is 17.2 Å². The topological polar surface area (TPSA) is 97.1 Å². The lowest BCUT2D eigenvalue weighted by atomic mass is 9.84. The van der Waals surface area contributed by atoms with Crippen molar-refractivity contribution in [3.8, 4) is 17.2 Å². The molecule has 0 aliphatic heterocycles. The molecule has 0 aliphatic rings. The lowest BCUT2D eigenvalue weighted by molar-refractivity contribution is -0.134. The summed E-state index contributed by atoms with van der Waals surface area (Å²) >= 11 is 1.67. The fraction of sp³-hybridized carbons (Fsp3) is 0.188. The summed E-state index contributed by atoms with van der Waals surface area (Å²) in [6.07, 6.45) is -0.707. The Labute approximate surface area is 238 Å². The van der Waals surface area contributed by atoms with E-state index in [9.17, 15) is 9.59 Å². The summed E-state index contributed by atoms with van der Waals surface area (Å²) in [5.41, 5.74) is 8.96. The molecule has 40 heavy (non-hydrogen) atoms. The summed E-state index contributed by atoms with van der Waals surface area (Å²) in [4.78, 5) is 23.9. The summed E-state index contributed by atoms with van der Waals surface area (Å²) in [6, 6.07) is 33.5. The van der Waals surface area contributed by atoms with Crippen LogP contribution in [0.4, 0.5) is 4.79 Å². The zero-order valence-corrected chi connectivity index (χ0v) is 23.2. The van der Waals surface area contributed by atoms with Crippen molar-refractivity contribution < 1.29 is 28.5 Å². The second kappa shape index (κ2) is 13.6. The van der Waals surface area contributed by atoms with E-state index >= 15 is 0 Å². The van der Waals surface area contributed by atoms with Crippen molar-refractivity contribution in [3.05, 3.63) is 125 Å². The van der Waals surface area contributed by atoms with Crippen molar-refractivity contribution in [3.63, 3.8) is 0 Å². The van der Waals surface area contributed by atoms with Crippen LogP contribution in [-0.4, -0.2) is 32.0 Å². The van der Waals surface area contributed by atoms with Crippen molar-refractivity contribution in [2.75, 3.05) is 20.0 Å². The Morgan fingerprint density at radius 3 is 1.90 bits per heavy atom. The van der Waals surface area contributed by atoms with Crippen LogP contribution in [0.25, 0.3) is 0 Å². The lowest BCUT2D eigenvalue weighted by Crippen LogP contribution is -2.26. The van der Waals surface area contributed by atoms with Crippen LogP contribution < -0.4 is 19.9 Å². The van der Waals surface area contributed by atoms with Crippen molar-refractivity contribution in [2.24, 2.45) is 5.73 Å². The Bertz CT molecular complexity index is 1370. The first-order chi connectivity index (χ1) is 19.5. The molecule has 0 atom stereocenters. The number of ether oxygens (including phenoxy) is 4. The zero-order valence-electron chi connectivity index (χ0n) is 22.4. The van der Waals surface area contributed by atoms with Crippen LogP contribution in [0.2, 0.25) is 0 Å². The zero-order chi connectivity index (χ0) is 28.4. The van der Waals surface area contributed by atoms with Crippen molar-refractivity contribution in [2.45, 2.75) is 17.8 Å². The molecule has 7 nitrogen and oxygen atoms in total. The van der Waals surface area contributed by atoms with Crippen LogP contribution in [-0.2, 0) is 20.9 Å². The van der Waals surface area contributed by atoms with E-state index < -0.39 is 16.8 Å². The summed E-state index contributed by atoms with van der Waals surface area (Å²) in [5.74, 6) is 1.51. The van der Waals surface area contributed by atoms with Gasteiger partial charge in [-0.2, -0.15) is 0 Å². The fourth-order valence-electron chi connectivity index (χ4n) is 4.42. The van der Waals surface area contributed by atoms with E-state index in [1.54, 1.807) is 37.1 Å². The van der Waals surface area contributed by atoms with Gasteiger partial charge in [0.1, 0.15) is 12.4 Å². The maximum atomic E-state index is 13.0. The molecule has 0 saturated heterocycles. The predicted molar refractivity (Wildman–Crippen MR) is 156 cm³/mol. The van der Waals surface area contributed by atoms with Crippen LogP contribution in [0.15, 0.2) is 103 Å². The monoisotopic (exact) mass is 557 g/mol.